The third kappa shape index (κ3) is 3.64. The van der Waals surface area contributed by atoms with E-state index in [4.69, 9.17) is 17.3 Å². The number of nitrogen functional groups attached to an aromatic ring is 1. The second kappa shape index (κ2) is 6.32. The summed E-state index contributed by atoms with van der Waals surface area (Å²) in [5.74, 6) is -0.969. The monoisotopic (exact) mass is 352 g/mol. The van der Waals surface area contributed by atoms with Gasteiger partial charge in [-0.15, -0.1) is 0 Å². The maximum atomic E-state index is 13.9. The van der Waals surface area contributed by atoms with Gasteiger partial charge in [-0.1, -0.05) is 24.4 Å². The van der Waals surface area contributed by atoms with Gasteiger partial charge in [0.1, 0.15) is 4.90 Å². The van der Waals surface area contributed by atoms with Crippen LogP contribution in [-0.2, 0) is 10.0 Å². The molecule has 3 N–H and O–H groups in total. The van der Waals surface area contributed by atoms with E-state index >= 15 is 0 Å². The van der Waals surface area contributed by atoms with Crippen molar-refractivity contribution in [3.8, 4) is 0 Å². The number of hydrogen-bond donors (Lipinski definition) is 2. The van der Waals surface area contributed by atoms with Gasteiger partial charge in [-0.2, -0.15) is 11.8 Å². The maximum Gasteiger partial charge on any atom is 0.243 e. The highest BCUT2D eigenvalue weighted by Gasteiger charge is 2.34. The summed E-state index contributed by atoms with van der Waals surface area (Å²) in [6, 6.07) is 2.28. The van der Waals surface area contributed by atoms with Crippen LogP contribution in [0.5, 0.6) is 0 Å². The number of thioether (sulfide) groups is 1. The number of nitrogens with two attached hydrogens (primary N) is 1. The number of benzene rings is 1. The third-order valence-electron chi connectivity index (χ3n) is 3.84. The number of nitrogens with one attached hydrogen (secondary N) is 1. The van der Waals surface area contributed by atoms with Crippen LogP contribution in [0.25, 0.3) is 0 Å². The average Bonchev–Trinajstić information content (AvgIpc) is 2.90. The Morgan fingerprint density at radius 2 is 2.05 bits per heavy atom. The van der Waals surface area contributed by atoms with Crippen molar-refractivity contribution in [3.05, 3.63) is 23.0 Å². The number of rotatable bonds is 5. The quantitative estimate of drug-likeness (QED) is 0.799. The molecule has 0 aliphatic heterocycles. The molecule has 1 aliphatic carbocycles. The molecule has 0 radical (unpaired) electrons. The normalized spacial score (nSPS) is 18.0. The molecular weight excluding hydrogens is 335 g/mol. The smallest absolute Gasteiger partial charge is 0.243 e. The summed E-state index contributed by atoms with van der Waals surface area (Å²) < 4.78 is 40.9. The Labute approximate surface area is 133 Å². The van der Waals surface area contributed by atoms with Crippen LogP contribution in [0.3, 0.4) is 0 Å². The van der Waals surface area contributed by atoms with Gasteiger partial charge in [0.05, 0.1) is 5.02 Å². The first-order chi connectivity index (χ1) is 9.80. The van der Waals surface area contributed by atoms with Crippen LogP contribution in [0.4, 0.5) is 10.1 Å². The molecule has 4 nitrogen and oxygen atoms in total. The molecule has 0 saturated heterocycles. The van der Waals surface area contributed by atoms with Gasteiger partial charge in [0.15, 0.2) is 5.82 Å². The molecule has 1 aliphatic rings. The first-order valence-corrected chi connectivity index (χ1v) is 9.68. The van der Waals surface area contributed by atoms with Crippen molar-refractivity contribution in [2.24, 2.45) is 0 Å². The van der Waals surface area contributed by atoms with E-state index in [0.29, 0.717) is 0 Å². The van der Waals surface area contributed by atoms with E-state index in [2.05, 4.69) is 4.72 Å². The fraction of sp³-hybridized carbons (Fsp3) is 0.538. The predicted molar refractivity (Wildman–Crippen MR) is 85.7 cm³/mol. The molecule has 0 aromatic heterocycles. The van der Waals surface area contributed by atoms with Crippen LogP contribution in [0, 0.1) is 5.82 Å². The second-order valence-corrected chi connectivity index (χ2v) is 8.65. The number of sulfonamides is 1. The molecule has 118 valence electrons. The van der Waals surface area contributed by atoms with Crippen LogP contribution in [0.15, 0.2) is 17.0 Å². The standard InChI is InChI=1S/C13H18ClFN2O2S2/c1-20-13(4-2-3-5-13)8-17-21(18,19)11-7-9(16)6-10(14)12(11)15/h6-7,17H,2-5,8,16H2,1H3. The van der Waals surface area contributed by atoms with Crippen molar-refractivity contribution in [2.75, 3.05) is 18.5 Å². The van der Waals surface area contributed by atoms with Crippen molar-refractivity contribution < 1.29 is 12.8 Å². The Bertz CT molecular complexity index is 631. The van der Waals surface area contributed by atoms with E-state index in [0.717, 1.165) is 31.7 Å². The van der Waals surface area contributed by atoms with E-state index in [-0.39, 0.29) is 22.0 Å². The van der Waals surface area contributed by atoms with Crippen LogP contribution < -0.4 is 10.5 Å². The lowest BCUT2D eigenvalue weighted by atomic mass is 10.1. The van der Waals surface area contributed by atoms with E-state index in [1.54, 1.807) is 11.8 Å². The molecule has 0 spiro atoms. The summed E-state index contributed by atoms with van der Waals surface area (Å²) in [5, 5.41) is -0.296. The number of anilines is 1. The first kappa shape index (κ1) is 16.9. The molecule has 8 heteroatoms. The summed E-state index contributed by atoms with van der Waals surface area (Å²) in [5.41, 5.74) is 5.66. The summed E-state index contributed by atoms with van der Waals surface area (Å²) in [6.07, 6.45) is 6.05. The van der Waals surface area contributed by atoms with Crippen molar-refractivity contribution in [2.45, 2.75) is 35.3 Å². The van der Waals surface area contributed by atoms with Crippen LogP contribution in [0.2, 0.25) is 5.02 Å². The molecule has 1 aromatic carbocycles. The second-order valence-electron chi connectivity index (χ2n) is 5.23. The fourth-order valence-corrected chi connectivity index (χ4v) is 5.10. The van der Waals surface area contributed by atoms with E-state index in [9.17, 15) is 12.8 Å². The highest BCUT2D eigenvalue weighted by Crippen LogP contribution is 2.40. The number of halogens is 2. The Kier molecular flexibility index (Phi) is 5.07. The molecular formula is C13H18ClFN2O2S2. The molecule has 1 fully saturated rings. The van der Waals surface area contributed by atoms with Crippen molar-refractivity contribution in [1.29, 1.82) is 0 Å². The minimum absolute atomic E-state index is 0.104. The summed E-state index contributed by atoms with van der Waals surface area (Å²) in [4.78, 5) is -0.498. The van der Waals surface area contributed by atoms with Gasteiger partial charge in [-0.25, -0.2) is 17.5 Å². The van der Waals surface area contributed by atoms with E-state index < -0.39 is 20.7 Å². The summed E-state index contributed by atoms with van der Waals surface area (Å²) in [6.45, 7) is 0.280. The maximum absolute atomic E-state index is 13.9. The third-order valence-corrected chi connectivity index (χ3v) is 6.93. The zero-order valence-electron chi connectivity index (χ0n) is 11.7. The van der Waals surface area contributed by atoms with Crippen molar-refractivity contribution in [1.82, 2.24) is 4.72 Å². The minimum Gasteiger partial charge on any atom is -0.399 e. The van der Waals surface area contributed by atoms with Gasteiger partial charge in [0.25, 0.3) is 0 Å². The highest BCUT2D eigenvalue weighted by atomic mass is 35.5. The predicted octanol–water partition coefficient (Wildman–Crippen LogP) is 3.02. The lowest BCUT2D eigenvalue weighted by molar-refractivity contribution is 0.538. The zero-order chi connectivity index (χ0) is 15.7. The summed E-state index contributed by atoms with van der Waals surface area (Å²) >= 11 is 7.31. The van der Waals surface area contributed by atoms with Crippen molar-refractivity contribution >= 4 is 39.1 Å². The Morgan fingerprint density at radius 3 is 2.62 bits per heavy atom. The lowest BCUT2D eigenvalue weighted by Gasteiger charge is -2.26. The van der Waals surface area contributed by atoms with Gasteiger partial charge in [-0.3, -0.25) is 0 Å². The van der Waals surface area contributed by atoms with Crippen LogP contribution >= 0.6 is 23.4 Å². The van der Waals surface area contributed by atoms with Crippen molar-refractivity contribution in [3.63, 3.8) is 0 Å². The molecule has 1 saturated carbocycles. The average molecular weight is 353 g/mol. The Morgan fingerprint density at radius 1 is 1.43 bits per heavy atom. The lowest BCUT2D eigenvalue weighted by Crippen LogP contribution is -2.38. The molecule has 0 heterocycles. The van der Waals surface area contributed by atoms with Gasteiger partial charge in [0, 0.05) is 17.0 Å². The van der Waals surface area contributed by atoms with Crippen LogP contribution in [-0.4, -0.2) is 26.0 Å². The van der Waals surface area contributed by atoms with Gasteiger partial charge >= 0.3 is 0 Å². The van der Waals surface area contributed by atoms with E-state index in [1.807, 2.05) is 6.26 Å². The SMILES string of the molecule is CSC1(CNS(=O)(=O)c2cc(N)cc(Cl)c2F)CCCC1. The fourth-order valence-electron chi connectivity index (χ4n) is 2.56. The van der Waals surface area contributed by atoms with Gasteiger partial charge in [-0.05, 0) is 31.2 Å². The minimum atomic E-state index is -3.97. The molecule has 0 unspecified atom stereocenters. The largest absolute Gasteiger partial charge is 0.399 e. The molecule has 1 aromatic rings. The molecule has 21 heavy (non-hydrogen) atoms. The topological polar surface area (TPSA) is 72.2 Å². The zero-order valence-corrected chi connectivity index (χ0v) is 14.0. The summed E-state index contributed by atoms with van der Waals surface area (Å²) in [7, 11) is -3.97. The van der Waals surface area contributed by atoms with Gasteiger partial charge in [0.2, 0.25) is 10.0 Å². The van der Waals surface area contributed by atoms with Crippen LogP contribution in [0.1, 0.15) is 25.7 Å². The molecule has 0 atom stereocenters. The first-order valence-electron chi connectivity index (χ1n) is 6.59. The Hall–Kier alpha value is -0.500. The van der Waals surface area contributed by atoms with E-state index in [1.165, 1.54) is 6.07 Å². The van der Waals surface area contributed by atoms with Gasteiger partial charge < -0.3 is 5.73 Å². The number of hydrogen-bond acceptors (Lipinski definition) is 4. The molecule has 2 rings (SSSR count). The molecule has 0 bridgehead atoms. The Balaban J connectivity index is 2.23. The highest BCUT2D eigenvalue weighted by molar-refractivity contribution is 8.00. The molecule has 0 amide bonds.